The molecule has 2 amide bonds. The van der Waals surface area contributed by atoms with Crippen molar-refractivity contribution in [2.24, 2.45) is 0 Å². The molecular weight excluding hydrogens is 418 g/mol. The number of benzene rings is 3. The van der Waals surface area contributed by atoms with E-state index in [1.165, 1.54) is 31.4 Å². The Morgan fingerprint density at radius 3 is 2.13 bits per heavy atom. The first-order valence-electron chi connectivity index (χ1n) is 9.23. The highest BCUT2D eigenvalue weighted by atomic mass is 32.2. The molecule has 0 fully saturated rings. The minimum absolute atomic E-state index is 0.0621. The maximum absolute atomic E-state index is 12.8. The highest BCUT2D eigenvalue weighted by molar-refractivity contribution is 7.92. The topological polar surface area (TPSA) is 114 Å². The van der Waals surface area contributed by atoms with E-state index in [0.29, 0.717) is 11.3 Å². The number of aryl methyl sites for hydroxylation is 1. The van der Waals surface area contributed by atoms with Crippen LogP contribution in [0.25, 0.3) is 0 Å². The molecule has 0 aliphatic rings. The lowest BCUT2D eigenvalue weighted by Gasteiger charge is -2.12. The van der Waals surface area contributed by atoms with Gasteiger partial charge in [0.15, 0.2) is 0 Å². The Morgan fingerprint density at radius 1 is 0.806 bits per heavy atom. The summed E-state index contributed by atoms with van der Waals surface area (Å²) in [6.07, 6.45) is 0. The lowest BCUT2D eigenvalue weighted by Crippen LogP contribution is -2.41. The average molecular weight is 439 g/mol. The Balaban J connectivity index is 1.72. The molecule has 8 nitrogen and oxygen atoms in total. The van der Waals surface area contributed by atoms with E-state index in [1.54, 1.807) is 48.5 Å². The number of para-hydroxylation sites is 2. The molecule has 0 bridgehead atoms. The van der Waals surface area contributed by atoms with Crippen LogP contribution in [0.4, 0.5) is 5.69 Å². The Morgan fingerprint density at radius 2 is 1.45 bits per heavy atom. The predicted molar refractivity (Wildman–Crippen MR) is 116 cm³/mol. The standard InChI is InChI=1S/C22H21N3O5S/c1-15-10-12-16(13-11-15)21(26)23-24-22(27)17-6-5-7-18(14-17)31(28,29)25-19-8-3-4-9-20(19)30-2/h3-14,25H,1-2H3,(H,23,26)(H,24,27). The van der Waals surface area contributed by atoms with E-state index in [0.717, 1.165) is 5.56 Å². The minimum Gasteiger partial charge on any atom is -0.495 e. The normalized spacial score (nSPS) is 10.8. The molecule has 0 aliphatic carbocycles. The van der Waals surface area contributed by atoms with E-state index in [2.05, 4.69) is 15.6 Å². The quantitative estimate of drug-likeness (QED) is 0.511. The van der Waals surface area contributed by atoms with Gasteiger partial charge in [-0.3, -0.25) is 25.2 Å². The van der Waals surface area contributed by atoms with Crippen LogP contribution in [0.3, 0.4) is 0 Å². The molecule has 0 radical (unpaired) electrons. The number of hydrazine groups is 1. The summed E-state index contributed by atoms with van der Waals surface area (Å²) in [5, 5.41) is 0. The lowest BCUT2D eigenvalue weighted by atomic mass is 10.1. The van der Waals surface area contributed by atoms with E-state index in [-0.39, 0.29) is 16.1 Å². The lowest BCUT2D eigenvalue weighted by molar-refractivity contribution is 0.0846. The van der Waals surface area contributed by atoms with E-state index in [9.17, 15) is 18.0 Å². The van der Waals surface area contributed by atoms with Crippen molar-refractivity contribution in [3.05, 3.63) is 89.5 Å². The number of hydrogen-bond acceptors (Lipinski definition) is 5. The summed E-state index contributed by atoms with van der Waals surface area (Å²) in [7, 11) is -2.54. The van der Waals surface area contributed by atoms with E-state index in [1.807, 2.05) is 6.92 Å². The Hall–Kier alpha value is -3.85. The van der Waals surface area contributed by atoms with Crippen molar-refractivity contribution in [1.82, 2.24) is 10.9 Å². The molecule has 31 heavy (non-hydrogen) atoms. The van der Waals surface area contributed by atoms with Gasteiger partial charge in [0.05, 0.1) is 17.7 Å². The fraction of sp³-hybridized carbons (Fsp3) is 0.0909. The number of methoxy groups -OCH3 is 1. The van der Waals surface area contributed by atoms with Gasteiger partial charge in [-0.15, -0.1) is 0 Å². The molecule has 3 aromatic rings. The second-order valence-electron chi connectivity index (χ2n) is 6.61. The van der Waals surface area contributed by atoms with E-state index >= 15 is 0 Å². The number of anilines is 1. The third-order valence-corrected chi connectivity index (χ3v) is 5.72. The summed E-state index contributed by atoms with van der Waals surface area (Å²) in [4.78, 5) is 24.4. The summed E-state index contributed by atoms with van der Waals surface area (Å²) in [6, 6.07) is 18.8. The Kier molecular flexibility index (Phi) is 6.56. The third kappa shape index (κ3) is 5.40. The molecule has 0 heterocycles. The smallest absolute Gasteiger partial charge is 0.269 e. The summed E-state index contributed by atoms with van der Waals surface area (Å²) in [5.74, 6) is -0.788. The molecule has 0 saturated heterocycles. The van der Waals surface area contributed by atoms with Crippen molar-refractivity contribution >= 4 is 27.5 Å². The summed E-state index contributed by atoms with van der Waals surface area (Å²) in [5.41, 5.74) is 6.30. The van der Waals surface area contributed by atoms with Crippen LogP contribution in [0, 0.1) is 6.92 Å². The number of rotatable bonds is 6. The van der Waals surface area contributed by atoms with Gasteiger partial charge in [0.2, 0.25) is 0 Å². The van der Waals surface area contributed by atoms with Gasteiger partial charge in [-0.05, 0) is 49.4 Å². The van der Waals surface area contributed by atoms with Gasteiger partial charge in [0, 0.05) is 11.1 Å². The molecule has 0 aliphatic heterocycles. The van der Waals surface area contributed by atoms with Crippen LogP contribution in [0.15, 0.2) is 77.7 Å². The summed E-state index contributed by atoms with van der Waals surface area (Å²) in [6.45, 7) is 1.90. The molecule has 3 aromatic carbocycles. The molecule has 9 heteroatoms. The second-order valence-corrected chi connectivity index (χ2v) is 8.29. The molecule has 3 rings (SSSR count). The zero-order chi connectivity index (χ0) is 22.4. The summed E-state index contributed by atoms with van der Waals surface area (Å²) >= 11 is 0. The Bertz CT molecular complexity index is 1210. The first-order valence-corrected chi connectivity index (χ1v) is 10.7. The number of nitrogens with one attached hydrogen (secondary N) is 3. The largest absolute Gasteiger partial charge is 0.495 e. The SMILES string of the molecule is COc1ccccc1NS(=O)(=O)c1cccc(C(=O)NNC(=O)c2ccc(C)cc2)c1. The fourth-order valence-corrected chi connectivity index (χ4v) is 3.82. The van der Waals surface area contributed by atoms with Crippen molar-refractivity contribution in [1.29, 1.82) is 0 Å². The number of sulfonamides is 1. The number of ether oxygens (including phenoxy) is 1. The van der Waals surface area contributed by atoms with E-state index in [4.69, 9.17) is 4.74 Å². The van der Waals surface area contributed by atoms with Crippen molar-refractivity contribution in [3.8, 4) is 5.75 Å². The second kappa shape index (κ2) is 9.31. The van der Waals surface area contributed by atoms with Crippen LogP contribution in [0.1, 0.15) is 26.3 Å². The van der Waals surface area contributed by atoms with Crippen molar-refractivity contribution in [3.63, 3.8) is 0 Å². The Labute approximate surface area is 180 Å². The van der Waals surface area contributed by atoms with Crippen LogP contribution < -0.4 is 20.3 Å². The summed E-state index contributed by atoms with van der Waals surface area (Å²) < 4.78 is 33.1. The first-order chi connectivity index (χ1) is 14.8. The average Bonchev–Trinajstić information content (AvgIpc) is 2.78. The van der Waals surface area contributed by atoms with Crippen LogP contribution >= 0.6 is 0 Å². The van der Waals surface area contributed by atoms with Crippen LogP contribution in [0.2, 0.25) is 0 Å². The minimum atomic E-state index is -3.98. The van der Waals surface area contributed by atoms with Crippen LogP contribution in [-0.4, -0.2) is 27.3 Å². The van der Waals surface area contributed by atoms with Gasteiger partial charge in [0.1, 0.15) is 5.75 Å². The number of hydrogen-bond donors (Lipinski definition) is 3. The zero-order valence-corrected chi connectivity index (χ0v) is 17.7. The zero-order valence-electron chi connectivity index (χ0n) is 16.9. The molecule has 0 spiro atoms. The van der Waals surface area contributed by atoms with Gasteiger partial charge in [-0.2, -0.15) is 0 Å². The van der Waals surface area contributed by atoms with Gasteiger partial charge in [-0.1, -0.05) is 35.9 Å². The van der Waals surface area contributed by atoms with E-state index < -0.39 is 21.8 Å². The number of carbonyl (C=O) groups excluding carboxylic acids is 2. The highest BCUT2D eigenvalue weighted by Crippen LogP contribution is 2.26. The molecule has 160 valence electrons. The molecular formula is C22H21N3O5S. The highest BCUT2D eigenvalue weighted by Gasteiger charge is 2.18. The van der Waals surface area contributed by atoms with Gasteiger partial charge in [0.25, 0.3) is 21.8 Å². The van der Waals surface area contributed by atoms with Gasteiger partial charge in [-0.25, -0.2) is 8.42 Å². The number of carbonyl (C=O) groups is 2. The predicted octanol–water partition coefficient (Wildman–Crippen LogP) is 2.88. The molecule has 0 aromatic heterocycles. The first kappa shape index (κ1) is 21.8. The fourth-order valence-electron chi connectivity index (χ4n) is 2.70. The molecule has 3 N–H and O–H groups in total. The van der Waals surface area contributed by atoms with Gasteiger partial charge >= 0.3 is 0 Å². The maximum atomic E-state index is 12.8. The molecule has 0 saturated carbocycles. The number of amides is 2. The van der Waals surface area contributed by atoms with Crippen LogP contribution in [0.5, 0.6) is 5.75 Å². The van der Waals surface area contributed by atoms with Gasteiger partial charge < -0.3 is 4.74 Å². The van der Waals surface area contributed by atoms with Crippen molar-refractivity contribution in [2.45, 2.75) is 11.8 Å². The van der Waals surface area contributed by atoms with Crippen LogP contribution in [-0.2, 0) is 10.0 Å². The molecule has 0 atom stereocenters. The molecule has 0 unspecified atom stereocenters. The maximum Gasteiger partial charge on any atom is 0.269 e. The third-order valence-electron chi connectivity index (χ3n) is 4.36. The van der Waals surface area contributed by atoms with Crippen molar-refractivity contribution < 1.29 is 22.7 Å². The van der Waals surface area contributed by atoms with Crippen molar-refractivity contribution in [2.75, 3.05) is 11.8 Å². The monoisotopic (exact) mass is 439 g/mol.